The number of nitrogens with one attached hydrogen (secondary N) is 1. The molecule has 9 aromatic carbocycles. The van der Waals surface area contributed by atoms with Gasteiger partial charge in [0.05, 0.1) is 22.8 Å². The molecule has 64 heavy (non-hydrogen) atoms. The molecule has 5 nitrogen and oxygen atoms in total. The standard InChI is InChI=1S/C59H43N5/c1-63-55(41-20-7-3-8-21-41)50-30-16-28-46(39-18-5-2-6-19-39)54(50)51-31-17-29-47(56(51)63)40-34-36-43(37-35-40)58-60-57(42-22-9-4-10-23-42)61-59(62-58)44-24-15-25-45(38-44)64-52-32-13-11-26-48(52)49-27-12-14-33-53(49)64/h2-38,55,57H,1H3,(H,60,61,62)/t55?,57-/m0/s1. The minimum atomic E-state index is -0.316. The number of hydrogen-bond acceptors (Lipinski definition) is 4. The number of para-hydroxylation sites is 3. The van der Waals surface area contributed by atoms with Crippen LogP contribution in [0.25, 0.3) is 60.9 Å². The van der Waals surface area contributed by atoms with E-state index in [1.165, 1.54) is 66.4 Å². The van der Waals surface area contributed by atoms with E-state index in [9.17, 15) is 0 Å². The molecular formula is C59H43N5. The van der Waals surface area contributed by atoms with Crippen molar-refractivity contribution in [2.45, 2.75) is 12.2 Å². The maximum atomic E-state index is 5.27. The zero-order chi connectivity index (χ0) is 42.6. The minimum Gasteiger partial charge on any atom is -0.362 e. The molecule has 3 heterocycles. The van der Waals surface area contributed by atoms with Gasteiger partial charge >= 0.3 is 0 Å². The molecule has 0 spiro atoms. The van der Waals surface area contributed by atoms with E-state index in [0.29, 0.717) is 5.84 Å². The lowest BCUT2D eigenvalue weighted by atomic mass is 9.79. The van der Waals surface area contributed by atoms with Crippen molar-refractivity contribution in [1.82, 2.24) is 9.88 Å². The SMILES string of the molecule is CN1c2c(-c3ccc(C4=N[C@H](c5ccccc5)NC(c5cccc(-n6c7ccccc7c7ccccc76)c5)=N4)cc3)cccc2-c2c(-c3ccccc3)cccc2C1c1ccccc1. The maximum Gasteiger partial charge on any atom is 0.159 e. The predicted octanol–water partition coefficient (Wildman–Crippen LogP) is 13.8. The largest absolute Gasteiger partial charge is 0.362 e. The second kappa shape index (κ2) is 15.6. The van der Waals surface area contributed by atoms with E-state index in [0.717, 1.165) is 33.8 Å². The normalized spacial score (nSPS) is 15.5. The molecule has 1 unspecified atom stereocenters. The summed E-state index contributed by atoms with van der Waals surface area (Å²) in [4.78, 5) is 13.0. The Morgan fingerprint density at radius 3 is 1.72 bits per heavy atom. The van der Waals surface area contributed by atoms with Crippen molar-refractivity contribution < 1.29 is 0 Å². The lowest BCUT2D eigenvalue weighted by molar-refractivity contribution is 0.674. The Labute approximate surface area is 373 Å². The van der Waals surface area contributed by atoms with E-state index in [4.69, 9.17) is 9.98 Å². The lowest BCUT2D eigenvalue weighted by Crippen LogP contribution is -2.33. The van der Waals surface area contributed by atoms with E-state index in [-0.39, 0.29) is 12.2 Å². The van der Waals surface area contributed by atoms with Gasteiger partial charge in [-0.05, 0) is 63.2 Å². The molecule has 1 aromatic heterocycles. The van der Waals surface area contributed by atoms with E-state index in [1.807, 2.05) is 6.07 Å². The number of aromatic nitrogens is 1. The average Bonchev–Trinajstić information content (AvgIpc) is 3.71. The Morgan fingerprint density at radius 1 is 0.453 bits per heavy atom. The number of anilines is 1. The second-order valence-corrected chi connectivity index (χ2v) is 16.6. The fourth-order valence-corrected chi connectivity index (χ4v) is 10.0. The first-order chi connectivity index (χ1) is 31.7. The fraction of sp³-hybridized carbons (Fsp3) is 0.0508. The molecule has 0 saturated heterocycles. The van der Waals surface area contributed by atoms with Gasteiger partial charge < -0.3 is 14.8 Å². The van der Waals surface area contributed by atoms with E-state index in [2.05, 4.69) is 240 Å². The van der Waals surface area contributed by atoms with Gasteiger partial charge in [0.1, 0.15) is 12.0 Å². The molecular weight excluding hydrogens is 779 g/mol. The number of fused-ring (bicyclic) bond motifs is 6. The van der Waals surface area contributed by atoms with E-state index >= 15 is 0 Å². The van der Waals surface area contributed by atoms with Gasteiger partial charge in [0.2, 0.25) is 0 Å². The zero-order valence-corrected chi connectivity index (χ0v) is 35.3. The molecule has 2 aliphatic rings. The lowest BCUT2D eigenvalue weighted by Gasteiger charge is -2.40. The molecule has 304 valence electrons. The van der Waals surface area contributed by atoms with Gasteiger partial charge in [-0.2, -0.15) is 0 Å². The van der Waals surface area contributed by atoms with Crippen LogP contribution in [0.2, 0.25) is 0 Å². The molecule has 0 bridgehead atoms. The molecule has 0 radical (unpaired) electrons. The van der Waals surface area contributed by atoms with Crippen molar-refractivity contribution in [3.63, 3.8) is 0 Å². The Hall–Kier alpha value is -8.28. The van der Waals surface area contributed by atoms with Crippen LogP contribution in [-0.4, -0.2) is 23.3 Å². The first kappa shape index (κ1) is 37.5. The summed E-state index contributed by atoms with van der Waals surface area (Å²) in [6, 6.07) is 80.4. The van der Waals surface area contributed by atoms with Crippen LogP contribution in [0.1, 0.15) is 40.0 Å². The third-order valence-corrected chi connectivity index (χ3v) is 12.9. The predicted molar refractivity (Wildman–Crippen MR) is 266 cm³/mol. The van der Waals surface area contributed by atoms with Gasteiger partial charge in [-0.3, -0.25) is 0 Å². The number of rotatable bonds is 7. The minimum absolute atomic E-state index is 0.0352. The number of hydrogen-bond donors (Lipinski definition) is 1. The molecule has 0 amide bonds. The van der Waals surface area contributed by atoms with Crippen molar-refractivity contribution in [2.24, 2.45) is 9.98 Å². The van der Waals surface area contributed by atoms with Crippen molar-refractivity contribution in [1.29, 1.82) is 0 Å². The molecule has 0 saturated carbocycles. The van der Waals surface area contributed by atoms with Crippen LogP contribution in [0.3, 0.4) is 0 Å². The van der Waals surface area contributed by atoms with Crippen LogP contribution in [-0.2, 0) is 0 Å². The van der Waals surface area contributed by atoms with Crippen LogP contribution in [0.4, 0.5) is 5.69 Å². The second-order valence-electron chi connectivity index (χ2n) is 16.6. The van der Waals surface area contributed by atoms with Crippen LogP contribution < -0.4 is 10.2 Å². The quantitative estimate of drug-likeness (QED) is 0.174. The van der Waals surface area contributed by atoms with Crippen LogP contribution in [0.15, 0.2) is 234 Å². The Kier molecular flexibility index (Phi) is 9.12. The van der Waals surface area contributed by atoms with Gasteiger partial charge in [-0.15, -0.1) is 0 Å². The molecule has 0 fully saturated rings. The Morgan fingerprint density at radius 2 is 1.00 bits per heavy atom. The Bertz CT molecular complexity index is 3370. The summed E-state index contributed by atoms with van der Waals surface area (Å²) in [5.74, 6) is 1.47. The highest BCUT2D eigenvalue weighted by Crippen LogP contribution is 2.53. The van der Waals surface area contributed by atoms with Crippen molar-refractivity contribution >= 4 is 39.2 Å². The van der Waals surface area contributed by atoms with Crippen LogP contribution in [0.5, 0.6) is 0 Å². The maximum absolute atomic E-state index is 5.27. The third kappa shape index (κ3) is 6.32. The average molecular weight is 822 g/mol. The Balaban J connectivity index is 0.957. The highest BCUT2D eigenvalue weighted by Gasteiger charge is 2.33. The summed E-state index contributed by atoms with van der Waals surface area (Å²) in [6.07, 6.45) is -0.316. The van der Waals surface area contributed by atoms with E-state index in [1.54, 1.807) is 0 Å². The zero-order valence-electron chi connectivity index (χ0n) is 35.3. The molecule has 5 heteroatoms. The summed E-state index contributed by atoms with van der Waals surface area (Å²) in [6.45, 7) is 0. The highest BCUT2D eigenvalue weighted by atomic mass is 15.2. The van der Waals surface area contributed by atoms with E-state index < -0.39 is 0 Å². The van der Waals surface area contributed by atoms with Crippen LogP contribution >= 0.6 is 0 Å². The van der Waals surface area contributed by atoms with Gasteiger partial charge in [-0.1, -0.05) is 200 Å². The number of amidine groups is 2. The summed E-state index contributed by atoms with van der Waals surface area (Å²) < 4.78 is 2.35. The molecule has 10 aromatic rings. The first-order valence-corrected chi connectivity index (χ1v) is 22.0. The summed E-state index contributed by atoms with van der Waals surface area (Å²) in [5, 5.41) is 6.17. The summed E-state index contributed by atoms with van der Waals surface area (Å²) in [7, 11) is 2.24. The van der Waals surface area contributed by atoms with Gasteiger partial charge in [0.25, 0.3) is 0 Å². The molecule has 12 rings (SSSR count). The summed E-state index contributed by atoms with van der Waals surface area (Å²) in [5.41, 5.74) is 17.5. The number of nitrogens with zero attached hydrogens (tertiary/aromatic N) is 4. The molecule has 0 aliphatic carbocycles. The number of aliphatic imine (C=N–C) groups is 2. The topological polar surface area (TPSA) is 44.9 Å². The first-order valence-electron chi connectivity index (χ1n) is 22.0. The van der Waals surface area contributed by atoms with Gasteiger partial charge in [-0.25, -0.2) is 9.98 Å². The highest BCUT2D eigenvalue weighted by molar-refractivity contribution is 6.14. The molecule has 1 N–H and O–H groups in total. The smallest absolute Gasteiger partial charge is 0.159 e. The monoisotopic (exact) mass is 821 g/mol. The van der Waals surface area contributed by atoms with Crippen molar-refractivity contribution in [3.8, 4) is 39.1 Å². The van der Waals surface area contributed by atoms with Crippen molar-refractivity contribution in [2.75, 3.05) is 11.9 Å². The number of benzene rings is 9. The van der Waals surface area contributed by atoms with Crippen LogP contribution in [0, 0.1) is 0 Å². The summed E-state index contributed by atoms with van der Waals surface area (Å²) >= 11 is 0. The molecule has 2 aliphatic heterocycles. The van der Waals surface area contributed by atoms with Gasteiger partial charge in [0.15, 0.2) is 5.84 Å². The molecule has 2 atom stereocenters. The third-order valence-electron chi connectivity index (χ3n) is 12.9. The fourth-order valence-electron chi connectivity index (χ4n) is 10.0. The van der Waals surface area contributed by atoms with Gasteiger partial charge in [0, 0.05) is 45.8 Å². The van der Waals surface area contributed by atoms with Crippen molar-refractivity contribution in [3.05, 3.63) is 252 Å².